The first-order chi connectivity index (χ1) is 11.8. The van der Waals surface area contributed by atoms with Crippen molar-refractivity contribution in [3.8, 4) is 0 Å². The average molecular weight is 336 g/mol. The zero-order chi connectivity index (χ0) is 16.5. The Morgan fingerprint density at radius 3 is 2.79 bits per heavy atom. The van der Waals surface area contributed by atoms with E-state index in [9.17, 15) is 0 Å². The van der Waals surface area contributed by atoms with Crippen LogP contribution in [0.25, 0.3) is 0 Å². The van der Waals surface area contributed by atoms with Gasteiger partial charge in [-0.3, -0.25) is 0 Å². The standard InChI is InChI=1S/C20H18ClN3/c1-2-22-15-9-11-18-20(13-15)24(16-6-4-3-5-7-16)19-12-14(21)8-10-17(19)23-18/h3-9,11-13,22H,2,10H2,1H3. The van der Waals surface area contributed by atoms with Crippen LogP contribution in [-0.2, 0) is 0 Å². The Kier molecular flexibility index (Phi) is 3.87. The van der Waals surface area contributed by atoms with Crippen molar-refractivity contribution in [2.24, 2.45) is 4.99 Å². The second-order valence-corrected chi connectivity index (χ2v) is 6.22. The van der Waals surface area contributed by atoms with E-state index >= 15 is 0 Å². The minimum Gasteiger partial charge on any atom is -0.385 e. The van der Waals surface area contributed by atoms with Crippen LogP contribution < -0.4 is 10.2 Å². The molecule has 1 aliphatic carbocycles. The van der Waals surface area contributed by atoms with E-state index in [4.69, 9.17) is 16.6 Å². The van der Waals surface area contributed by atoms with Crippen molar-refractivity contribution in [2.75, 3.05) is 16.8 Å². The van der Waals surface area contributed by atoms with Crippen molar-refractivity contribution in [1.29, 1.82) is 0 Å². The van der Waals surface area contributed by atoms with Gasteiger partial charge in [-0.2, -0.15) is 0 Å². The molecule has 1 heterocycles. The van der Waals surface area contributed by atoms with Crippen molar-refractivity contribution < 1.29 is 0 Å². The quantitative estimate of drug-likeness (QED) is 0.773. The van der Waals surface area contributed by atoms with Crippen LogP contribution in [0.2, 0.25) is 0 Å². The minimum absolute atomic E-state index is 0.752. The molecule has 4 rings (SSSR count). The smallest absolute Gasteiger partial charge is 0.0876 e. The molecule has 3 nitrogen and oxygen atoms in total. The van der Waals surface area contributed by atoms with Crippen LogP contribution in [0.1, 0.15) is 13.3 Å². The van der Waals surface area contributed by atoms with Crippen LogP contribution in [0.5, 0.6) is 0 Å². The summed E-state index contributed by atoms with van der Waals surface area (Å²) in [6.07, 6.45) is 4.76. The molecule has 0 bridgehead atoms. The van der Waals surface area contributed by atoms with Crippen LogP contribution in [-0.4, -0.2) is 12.3 Å². The molecule has 0 saturated carbocycles. The Morgan fingerprint density at radius 1 is 1.17 bits per heavy atom. The van der Waals surface area contributed by atoms with Crippen molar-refractivity contribution >= 4 is 40.1 Å². The number of halogens is 1. The highest BCUT2D eigenvalue weighted by molar-refractivity contribution is 6.32. The first kappa shape index (κ1) is 15.0. The van der Waals surface area contributed by atoms with Crippen LogP contribution in [0, 0.1) is 0 Å². The highest BCUT2D eigenvalue weighted by Gasteiger charge is 2.27. The van der Waals surface area contributed by atoms with Gasteiger partial charge in [0.25, 0.3) is 0 Å². The van der Waals surface area contributed by atoms with Crippen LogP contribution >= 0.6 is 11.6 Å². The lowest BCUT2D eigenvalue weighted by atomic mass is 10.0. The molecule has 0 saturated heterocycles. The van der Waals surface area contributed by atoms with Gasteiger partial charge in [-0.1, -0.05) is 35.9 Å². The third-order valence-electron chi connectivity index (χ3n) is 4.17. The second kappa shape index (κ2) is 6.17. The number of nitrogens with one attached hydrogen (secondary N) is 1. The van der Waals surface area contributed by atoms with Gasteiger partial charge >= 0.3 is 0 Å². The molecule has 0 aromatic heterocycles. The molecule has 0 radical (unpaired) electrons. The van der Waals surface area contributed by atoms with E-state index in [-0.39, 0.29) is 0 Å². The van der Waals surface area contributed by atoms with Gasteiger partial charge in [-0.25, -0.2) is 4.99 Å². The highest BCUT2D eigenvalue weighted by Crippen LogP contribution is 2.44. The van der Waals surface area contributed by atoms with E-state index in [2.05, 4.69) is 59.6 Å². The Labute approximate surface area is 147 Å². The molecule has 2 aliphatic rings. The molecule has 120 valence electrons. The minimum atomic E-state index is 0.752. The molecular formula is C20H18ClN3. The molecule has 0 unspecified atom stereocenters. The number of aliphatic imine (C=N–C) groups is 1. The maximum absolute atomic E-state index is 6.29. The van der Waals surface area contributed by atoms with Gasteiger partial charge in [-0.05, 0) is 43.3 Å². The summed E-state index contributed by atoms with van der Waals surface area (Å²) in [4.78, 5) is 7.10. The molecule has 0 amide bonds. The lowest BCUT2D eigenvalue weighted by molar-refractivity contribution is 1.15. The summed E-state index contributed by atoms with van der Waals surface area (Å²) in [5.74, 6) is 0. The van der Waals surface area contributed by atoms with Crippen molar-refractivity contribution in [1.82, 2.24) is 0 Å². The summed E-state index contributed by atoms with van der Waals surface area (Å²) < 4.78 is 0. The van der Waals surface area contributed by atoms with Gasteiger partial charge < -0.3 is 10.2 Å². The summed E-state index contributed by atoms with van der Waals surface area (Å²) in [5, 5.41) is 4.14. The SMILES string of the molecule is CCNc1ccc2c(c1)N(c1ccccc1)C1=CC(Cl)=CCC1=N2. The summed E-state index contributed by atoms with van der Waals surface area (Å²) >= 11 is 6.29. The first-order valence-corrected chi connectivity index (χ1v) is 8.52. The second-order valence-electron chi connectivity index (χ2n) is 5.79. The molecule has 0 fully saturated rings. The van der Waals surface area contributed by atoms with E-state index in [1.165, 1.54) is 0 Å². The maximum Gasteiger partial charge on any atom is 0.0876 e. The summed E-state index contributed by atoms with van der Waals surface area (Å²) in [5.41, 5.74) is 6.35. The third kappa shape index (κ3) is 2.61. The predicted octanol–water partition coefficient (Wildman–Crippen LogP) is 5.75. The van der Waals surface area contributed by atoms with Gasteiger partial charge in [0.05, 0.1) is 22.8 Å². The van der Waals surface area contributed by atoms with Crippen molar-refractivity contribution in [3.63, 3.8) is 0 Å². The first-order valence-electron chi connectivity index (χ1n) is 8.14. The lowest BCUT2D eigenvalue weighted by Gasteiger charge is -2.34. The van der Waals surface area contributed by atoms with Gasteiger partial charge in [0.2, 0.25) is 0 Å². The number of fused-ring (bicyclic) bond motifs is 2. The third-order valence-corrected chi connectivity index (χ3v) is 4.43. The van der Waals surface area contributed by atoms with Crippen molar-refractivity contribution in [2.45, 2.75) is 13.3 Å². The molecule has 2 aromatic carbocycles. The number of para-hydroxylation sites is 1. The Balaban J connectivity index is 1.92. The van der Waals surface area contributed by atoms with Crippen LogP contribution in [0.4, 0.5) is 22.7 Å². The number of rotatable bonds is 3. The maximum atomic E-state index is 6.29. The number of nitrogens with zero attached hydrogens (tertiary/aromatic N) is 2. The molecule has 24 heavy (non-hydrogen) atoms. The lowest BCUT2D eigenvalue weighted by Crippen LogP contribution is -2.27. The fourth-order valence-corrected chi connectivity index (χ4v) is 3.29. The van der Waals surface area contributed by atoms with Gasteiger partial charge in [0.15, 0.2) is 0 Å². The molecule has 1 aliphatic heterocycles. The van der Waals surface area contributed by atoms with Crippen molar-refractivity contribution in [3.05, 3.63) is 71.4 Å². The molecule has 4 heteroatoms. The summed E-state index contributed by atoms with van der Waals surface area (Å²) in [7, 11) is 0. The fraction of sp³-hybridized carbons (Fsp3) is 0.150. The predicted molar refractivity (Wildman–Crippen MR) is 103 cm³/mol. The van der Waals surface area contributed by atoms with E-state index < -0.39 is 0 Å². The Morgan fingerprint density at radius 2 is 2.00 bits per heavy atom. The van der Waals surface area contributed by atoms with E-state index in [1.54, 1.807) is 0 Å². The Bertz CT molecular complexity index is 866. The number of hydrogen-bond donors (Lipinski definition) is 1. The van der Waals surface area contributed by atoms with Crippen LogP contribution in [0.3, 0.4) is 0 Å². The number of allylic oxidation sites excluding steroid dienone is 4. The number of benzene rings is 2. The fourth-order valence-electron chi connectivity index (χ4n) is 3.11. The molecule has 0 atom stereocenters. The molecule has 0 spiro atoms. The summed E-state index contributed by atoms with van der Waals surface area (Å²) in [6.45, 7) is 2.98. The largest absolute Gasteiger partial charge is 0.385 e. The van der Waals surface area contributed by atoms with E-state index in [0.717, 1.165) is 52.2 Å². The van der Waals surface area contributed by atoms with Gasteiger partial charge in [-0.15, -0.1) is 0 Å². The topological polar surface area (TPSA) is 27.6 Å². The van der Waals surface area contributed by atoms with Gasteiger partial charge in [0, 0.05) is 29.4 Å². The van der Waals surface area contributed by atoms with E-state index in [0.29, 0.717) is 0 Å². The highest BCUT2D eigenvalue weighted by atomic mass is 35.5. The summed E-state index contributed by atoms with van der Waals surface area (Å²) in [6, 6.07) is 16.7. The van der Waals surface area contributed by atoms with Crippen LogP contribution in [0.15, 0.2) is 76.4 Å². The average Bonchev–Trinajstić information content (AvgIpc) is 2.61. The number of hydrogen-bond acceptors (Lipinski definition) is 3. The number of anilines is 3. The Hall–Kier alpha value is -2.52. The zero-order valence-corrected chi connectivity index (χ0v) is 14.2. The van der Waals surface area contributed by atoms with Gasteiger partial charge in [0.1, 0.15) is 0 Å². The van der Waals surface area contributed by atoms with E-state index in [1.807, 2.05) is 18.2 Å². The zero-order valence-electron chi connectivity index (χ0n) is 13.5. The monoisotopic (exact) mass is 335 g/mol. The normalized spacial score (nSPS) is 15.8. The molecular weight excluding hydrogens is 318 g/mol. The molecule has 1 N–H and O–H groups in total. The molecule has 2 aromatic rings.